The molecule has 1 atom stereocenters. The number of nitrogens with one attached hydrogen (secondary N) is 2. The number of anilines is 2. The maximum absolute atomic E-state index is 15.1. The van der Waals surface area contributed by atoms with E-state index in [-0.39, 0.29) is 23.2 Å². The molecule has 1 aromatic carbocycles. The fourth-order valence-electron chi connectivity index (χ4n) is 6.13. The van der Waals surface area contributed by atoms with E-state index in [9.17, 15) is 4.39 Å². The molecule has 9 nitrogen and oxygen atoms in total. The van der Waals surface area contributed by atoms with Crippen molar-refractivity contribution in [2.24, 2.45) is 5.92 Å². The second-order valence-electron chi connectivity index (χ2n) is 11.3. The largest absolute Gasteiger partial charge is 0.326 e. The molecule has 5 heterocycles. The molecule has 2 aliphatic rings. The van der Waals surface area contributed by atoms with Gasteiger partial charge in [0.1, 0.15) is 22.9 Å². The Hall–Kier alpha value is -3.54. The molecule has 2 fully saturated rings. The Bertz CT molecular complexity index is 1520. The Balaban J connectivity index is 1.24. The molecule has 3 aromatic heterocycles. The lowest BCUT2D eigenvalue weighted by atomic mass is 9.87. The molecule has 2 saturated heterocycles. The molecule has 4 aromatic rings. The molecule has 0 radical (unpaired) electrons. The molecule has 0 spiro atoms. The van der Waals surface area contributed by atoms with Gasteiger partial charge in [-0.05, 0) is 51.1 Å². The summed E-state index contributed by atoms with van der Waals surface area (Å²) < 4.78 is 31.9. The summed E-state index contributed by atoms with van der Waals surface area (Å²) in [5, 5.41) is 6.51. The van der Waals surface area contributed by atoms with Gasteiger partial charge in [-0.1, -0.05) is 13.0 Å². The van der Waals surface area contributed by atoms with Crippen LogP contribution in [0.15, 0.2) is 36.7 Å². The number of halogens is 2. The summed E-state index contributed by atoms with van der Waals surface area (Å²) in [7, 11) is 0. The lowest BCUT2D eigenvalue weighted by molar-refractivity contribution is 0.0551. The van der Waals surface area contributed by atoms with Crippen LogP contribution in [0.25, 0.3) is 22.3 Å². The molecular formula is C30H37F2N9. The van der Waals surface area contributed by atoms with Crippen molar-refractivity contribution in [2.75, 3.05) is 51.1 Å². The molecule has 2 N–H and O–H groups in total. The maximum atomic E-state index is 15.1. The molecule has 0 aliphatic carbocycles. The summed E-state index contributed by atoms with van der Waals surface area (Å²) in [6, 6.07) is 7.41. The van der Waals surface area contributed by atoms with E-state index >= 15 is 4.39 Å². The van der Waals surface area contributed by atoms with Crippen molar-refractivity contribution in [1.82, 2.24) is 39.6 Å². The number of hydrogen-bond donors (Lipinski definition) is 2. The third kappa shape index (κ3) is 5.41. The number of imidazole rings is 1. The number of fused-ring (bicyclic) bond motifs is 1. The zero-order valence-electron chi connectivity index (χ0n) is 24.0. The van der Waals surface area contributed by atoms with E-state index in [0.29, 0.717) is 34.7 Å². The van der Waals surface area contributed by atoms with E-state index in [1.54, 1.807) is 6.07 Å². The second kappa shape index (κ2) is 11.4. The maximum Gasteiger partial charge on any atom is 0.229 e. The van der Waals surface area contributed by atoms with Crippen LogP contribution in [-0.2, 0) is 0 Å². The Morgan fingerprint density at radius 1 is 1.00 bits per heavy atom. The van der Waals surface area contributed by atoms with Crippen LogP contribution < -0.4 is 10.6 Å². The van der Waals surface area contributed by atoms with E-state index in [1.165, 1.54) is 11.6 Å². The van der Waals surface area contributed by atoms with Crippen molar-refractivity contribution >= 4 is 22.8 Å². The highest BCUT2D eigenvalue weighted by Gasteiger charge is 2.34. The van der Waals surface area contributed by atoms with Crippen LogP contribution in [0.1, 0.15) is 44.2 Å². The van der Waals surface area contributed by atoms with Crippen LogP contribution in [0, 0.1) is 24.5 Å². The number of likely N-dealkylation sites (N-methyl/N-ethyl adjacent to an activating group) is 1. The molecule has 0 saturated carbocycles. The van der Waals surface area contributed by atoms with E-state index in [2.05, 4.69) is 53.4 Å². The van der Waals surface area contributed by atoms with E-state index in [4.69, 9.17) is 0 Å². The number of nitrogens with zero attached hydrogens (tertiary/aromatic N) is 7. The first-order chi connectivity index (χ1) is 19.8. The average Bonchev–Trinajstić information content (AvgIpc) is 3.29. The Labute approximate surface area is 239 Å². The van der Waals surface area contributed by atoms with E-state index in [1.807, 2.05) is 37.6 Å². The van der Waals surface area contributed by atoms with Gasteiger partial charge in [-0.15, -0.1) is 0 Å². The van der Waals surface area contributed by atoms with Crippen molar-refractivity contribution in [3.05, 3.63) is 59.7 Å². The first-order valence-corrected chi connectivity index (χ1v) is 14.4. The SMILES string of the molecule is CCN1CCN([C@@H](c2ccc(Nc3ncc(F)c(-c4cc(F)c5nc(C)n(C(C)C)c5c4)n3)nc2)C2CNC2)CC1. The molecule has 0 unspecified atom stereocenters. The van der Waals surface area contributed by atoms with Gasteiger partial charge in [-0.25, -0.2) is 28.7 Å². The molecule has 216 valence electrons. The molecule has 41 heavy (non-hydrogen) atoms. The number of rotatable bonds is 8. The fraction of sp³-hybridized carbons (Fsp3) is 0.467. The van der Waals surface area contributed by atoms with Crippen molar-refractivity contribution in [3.8, 4) is 11.3 Å². The predicted octanol–water partition coefficient (Wildman–Crippen LogP) is 4.70. The van der Waals surface area contributed by atoms with Crippen molar-refractivity contribution < 1.29 is 8.78 Å². The summed E-state index contributed by atoms with van der Waals surface area (Å²) in [4.78, 5) is 22.6. The van der Waals surface area contributed by atoms with Crippen LogP contribution in [0.2, 0.25) is 0 Å². The zero-order valence-corrected chi connectivity index (χ0v) is 24.0. The number of aromatic nitrogens is 5. The molecule has 2 aliphatic heterocycles. The highest BCUT2D eigenvalue weighted by Crippen LogP contribution is 2.33. The third-order valence-corrected chi connectivity index (χ3v) is 8.33. The Morgan fingerprint density at radius 2 is 1.78 bits per heavy atom. The topological polar surface area (TPSA) is 87.0 Å². The van der Waals surface area contributed by atoms with Gasteiger partial charge in [-0.3, -0.25) is 4.90 Å². The number of pyridine rings is 1. The highest BCUT2D eigenvalue weighted by molar-refractivity contribution is 5.83. The summed E-state index contributed by atoms with van der Waals surface area (Å²) >= 11 is 0. The normalized spacial score (nSPS) is 17.7. The lowest BCUT2D eigenvalue weighted by Crippen LogP contribution is -2.54. The van der Waals surface area contributed by atoms with Gasteiger partial charge in [0.05, 0.1) is 11.7 Å². The summed E-state index contributed by atoms with van der Waals surface area (Å²) in [6.07, 6.45) is 3.02. The number of aryl methyl sites for hydroxylation is 1. The van der Waals surface area contributed by atoms with E-state index in [0.717, 1.165) is 52.0 Å². The lowest BCUT2D eigenvalue weighted by Gasteiger charge is -2.45. The minimum absolute atomic E-state index is 0.0119. The van der Waals surface area contributed by atoms with Gasteiger partial charge in [0.2, 0.25) is 5.95 Å². The summed E-state index contributed by atoms with van der Waals surface area (Å²) in [6.45, 7) is 15.4. The minimum Gasteiger partial charge on any atom is -0.326 e. The molecule has 0 bridgehead atoms. The number of hydrogen-bond acceptors (Lipinski definition) is 8. The van der Waals surface area contributed by atoms with Crippen molar-refractivity contribution in [1.29, 1.82) is 0 Å². The van der Waals surface area contributed by atoms with Gasteiger partial charge in [-0.2, -0.15) is 0 Å². The first-order valence-electron chi connectivity index (χ1n) is 14.4. The highest BCUT2D eigenvalue weighted by atomic mass is 19.1. The van der Waals surface area contributed by atoms with Crippen LogP contribution in [0.5, 0.6) is 0 Å². The first kappa shape index (κ1) is 27.6. The van der Waals surface area contributed by atoms with Crippen LogP contribution in [0.3, 0.4) is 0 Å². The van der Waals surface area contributed by atoms with Crippen LogP contribution in [-0.4, -0.2) is 80.1 Å². The molecule has 11 heteroatoms. The standard InChI is InChI=1S/C30H37F2N9/c1-5-39-8-10-40(11-9-39)29(22-14-33-15-22)20-6-7-26(34-16-20)37-30-35-17-24(32)27(38-30)21-12-23(31)28-25(13-21)41(18(2)3)19(4)36-28/h6-7,12-13,16-18,22,29,33H,5,8-11,14-15H2,1-4H3,(H,34,35,37,38)/t29-/m0/s1. The quantitative estimate of drug-likeness (QED) is 0.320. The molecule has 0 amide bonds. The van der Waals surface area contributed by atoms with E-state index < -0.39 is 11.6 Å². The average molecular weight is 562 g/mol. The van der Waals surface area contributed by atoms with Gasteiger partial charge in [0.25, 0.3) is 0 Å². The predicted molar refractivity (Wildman–Crippen MR) is 156 cm³/mol. The zero-order chi connectivity index (χ0) is 28.7. The van der Waals surface area contributed by atoms with Gasteiger partial charge in [0.15, 0.2) is 11.6 Å². The van der Waals surface area contributed by atoms with Crippen molar-refractivity contribution in [2.45, 2.75) is 39.8 Å². The number of piperazine rings is 1. The van der Waals surface area contributed by atoms with Gasteiger partial charge in [0, 0.05) is 69.0 Å². The van der Waals surface area contributed by atoms with Gasteiger partial charge >= 0.3 is 0 Å². The molecule has 6 rings (SSSR count). The van der Waals surface area contributed by atoms with Crippen molar-refractivity contribution in [3.63, 3.8) is 0 Å². The Morgan fingerprint density at radius 3 is 2.41 bits per heavy atom. The van der Waals surface area contributed by atoms with Gasteiger partial charge < -0.3 is 20.1 Å². The molecular weight excluding hydrogens is 524 g/mol. The monoisotopic (exact) mass is 561 g/mol. The number of benzene rings is 1. The summed E-state index contributed by atoms with van der Waals surface area (Å²) in [5.41, 5.74) is 2.39. The van der Waals surface area contributed by atoms with Crippen LogP contribution >= 0.6 is 0 Å². The smallest absolute Gasteiger partial charge is 0.229 e. The van der Waals surface area contributed by atoms with Crippen LogP contribution in [0.4, 0.5) is 20.5 Å². The minimum atomic E-state index is -0.634. The third-order valence-electron chi connectivity index (χ3n) is 8.33. The Kier molecular flexibility index (Phi) is 7.67. The summed E-state index contributed by atoms with van der Waals surface area (Å²) in [5.74, 6) is 0.849. The fourth-order valence-corrected chi connectivity index (χ4v) is 6.13. The second-order valence-corrected chi connectivity index (χ2v) is 11.3.